The minimum Gasteiger partial charge on any atom is -0.408 e. The molecule has 126 valence electrons. The van der Waals surface area contributed by atoms with Crippen LogP contribution in [0.4, 0.5) is 0 Å². The fraction of sp³-hybridized carbons (Fsp3) is 0.444. The van der Waals surface area contributed by atoms with Gasteiger partial charge in [-0.1, -0.05) is 19.1 Å². The molecule has 3 heterocycles. The lowest BCUT2D eigenvalue weighted by Crippen LogP contribution is -2.33. The number of rotatable bonds is 4. The van der Waals surface area contributed by atoms with Gasteiger partial charge in [0.15, 0.2) is 5.58 Å². The number of aromatic nitrogens is 2. The number of benzene rings is 1. The van der Waals surface area contributed by atoms with E-state index >= 15 is 0 Å². The van der Waals surface area contributed by atoms with E-state index in [9.17, 15) is 4.79 Å². The highest BCUT2D eigenvalue weighted by atomic mass is 32.1. The summed E-state index contributed by atoms with van der Waals surface area (Å²) in [6, 6.07) is 5.89. The first-order chi connectivity index (χ1) is 11.7. The van der Waals surface area contributed by atoms with Crippen molar-refractivity contribution in [3.05, 3.63) is 50.4 Å². The van der Waals surface area contributed by atoms with Crippen molar-refractivity contribution in [2.45, 2.75) is 38.6 Å². The van der Waals surface area contributed by atoms with E-state index in [1.165, 1.54) is 23.5 Å². The molecule has 2 aromatic heterocycles. The van der Waals surface area contributed by atoms with E-state index < -0.39 is 0 Å². The van der Waals surface area contributed by atoms with E-state index in [0.717, 1.165) is 37.1 Å². The van der Waals surface area contributed by atoms with E-state index in [-0.39, 0.29) is 5.76 Å². The first kappa shape index (κ1) is 15.6. The van der Waals surface area contributed by atoms with Crippen molar-refractivity contribution in [2.24, 2.45) is 0 Å². The molecule has 5 nitrogen and oxygen atoms in total. The summed E-state index contributed by atoms with van der Waals surface area (Å²) in [5, 5.41) is 3.45. The molecule has 3 aromatic rings. The summed E-state index contributed by atoms with van der Waals surface area (Å²) in [4.78, 5) is 21.4. The number of aromatic amines is 1. The van der Waals surface area contributed by atoms with Gasteiger partial charge in [0.2, 0.25) is 0 Å². The Morgan fingerprint density at radius 3 is 3.21 bits per heavy atom. The summed E-state index contributed by atoms with van der Waals surface area (Å²) < 4.78 is 5.32. The number of hydrogen-bond acceptors (Lipinski definition) is 5. The second-order valence-electron chi connectivity index (χ2n) is 6.41. The van der Waals surface area contributed by atoms with E-state index in [1.54, 1.807) is 11.3 Å². The molecule has 6 heteroatoms. The number of nitrogens with zero attached hydrogens (tertiary/aromatic N) is 2. The molecule has 1 N–H and O–H groups in total. The molecule has 1 fully saturated rings. The van der Waals surface area contributed by atoms with Crippen LogP contribution in [-0.4, -0.2) is 28.0 Å². The number of nitrogens with one attached hydrogen (secondary N) is 1. The van der Waals surface area contributed by atoms with Crippen LogP contribution in [0.15, 0.2) is 32.8 Å². The SMILES string of the molecule is CCc1csc(C2CCCN(Cc3cccc4[nH]c(=O)oc34)C2)n1. The first-order valence-corrected chi connectivity index (χ1v) is 9.38. The third-order valence-electron chi connectivity index (χ3n) is 4.71. The molecule has 1 saturated heterocycles. The molecule has 1 aliphatic rings. The Morgan fingerprint density at radius 2 is 2.38 bits per heavy atom. The molecule has 1 aromatic carbocycles. The Labute approximate surface area is 144 Å². The molecule has 1 atom stereocenters. The fourth-order valence-electron chi connectivity index (χ4n) is 3.47. The average Bonchev–Trinajstić information content (AvgIpc) is 3.21. The minimum absolute atomic E-state index is 0.385. The normalized spacial score (nSPS) is 19.1. The Hall–Kier alpha value is -1.92. The molecule has 1 unspecified atom stereocenters. The molecule has 0 spiro atoms. The molecular weight excluding hydrogens is 322 g/mol. The average molecular weight is 343 g/mol. The highest BCUT2D eigenvalue weighted by Crippen LogP contribution is 2.30. The lowest BCUT2D eigenvalue weighted by molar-refractivity contribution is 0.200. The van der Waals surface area contributed by atoms with Gasteiger partial charge in [-0.2, -0.15) is 0 Å². The van der Waals surface area contributed by atoms with E-state index in [1.807, 2.05) is 18.2 Å². The maximum atomic E-state index is 11.5. The van der Waals surface area contributed by atoms with Crippen LogP contribution in [0, 0.1) is 0 Å². The minimum atomic E-state index is -0.385. The molecular formula is C18H21N3O2S. The standard InChI is InChI=1S/C18H21N3O2S/c1-2-14-11-24-17(19-14)13-6-4-8-21(10-13)9-12-5-3-7-15-16(12)23-18(22)20-15/h3,5,7,11,13H,2,4,6,8-10H2,1H3,(H,20,22). The van der Waals surface area contributed by atoms with Gasteiger partial charge in [-0.25, -0.2) is 9.78 Å². The second kappa shape index (κ2) is 6.53. The van der Waals surface area contributed by atoms with Crippen LogP contribution >= 0.6 is 11.3 Å². The Balaban J connectivity index is 1.52. The number of thiazole rings is 1. The number of likely N-dealkylation sites (tertiary alicyclic amines) is 1. The molecule has 0 amide bonds. The lowest BCUT2D eigenvalue weighted by Gasteiger charge is -2.31. The van der Waals surface area contributed by atoms with E-state index in [4.69, 9.17) is 9.40 Å². The molecule has 0 aliphatic carbocycles. The number of hydrogen-bond donors (Lipinski definition) is 1. The zero-order valence-corrected chi connectivity index (χ0v) is 14.6. The highest BCUT2D eigenvalue weighted by Gasteiger charge is 2.24. The molecule has 1 aliphatic heterocycles. The zero-order chi connectivity index (χ0) is 16.5. The summed E-state index contributed by atoms with van der Waals surface area (Å²) in [6.07, 6.45) is 3.39. The third-order valence-corrected chi connectivity index (χ3v) is 5.76. The maximum absolute atomic E-state index is 11.5. The van der Waals surface area contributed by atoms with Crippen LogP contribution in [0.25, 0.3) is 11.1 Å². The summed E-state index contributed by atoms with van der Waals surface area (Å²) in [5.41, 5.74) is 3.73. The van der Waals surface area contributed by atoms with Crippen LogP contribution in [0.3, 0.4) is 0 Å². The number of fused-ring (bicyclic) bond motifs is 1. The Kier molecular flexibility index (Phi) is 4.24. The van der Waals surface area contributed by atoms with Crippen molar-refractivity contribution < 1.29 is 4.42 Å². The van der Waals surface area contributed by atoms with Gasteiger partial charge in [0.05, 0.1) is 16.2 Å². The lowest BCUT2D eigenvalue weighted by atomic mass is 9.98. The number of piperidine rings is 1. The number of oxazole rings is 1. The summed E-state index contributed by atoms with van der Waals surface area (Å²) in [7, 11) is 0. The maximum Gasteiger partial charge on any atom is 0.417 e. The fourth-order valence-corrected chi connectivity index (χ4v) is 4.50. The van der Waals surface area contributed by atoms with Crippen LogP contribution in [0.2, 0.25) is 0 Å². The van der Waals surface area contributed by atoms with E-state index in [0.29, 0.717) is 11.5 Å². The van der Waals surface area contributed by atoms with Crippen molar-refractivity contribution in [1.29, 1.82) is 0 Å². The van der Waals surface area contributed by atoms with Crippen molar-refractivity contribution in [3.8, 4) is 0 Å². The highest BCUT2D eigenvalue weighted by molar-refractivity contribution is 7.09. The third kappa shape index (κ3) is 3.03. The van der Waals surface area contributed by atoms with Gasteiger partial charge in [-0.05, 0) is 31.9 Å². The molecule has 0 bridgehead atoms. The van der Waals surface area contributed by atoms with Crippen molar-refractivity contribution in [2.75, 3.05) is 13.1 Å². The monoisotopic (exact) mass is 343 g/mol. The summed E-state index contributed by atoms with van der Waals surface area (Å²) >= 11 is 1.79. The van der Waals surface area contributed by atoms with Crippen molar-refractivity contribution >= 4 is 22.4 Å². The van der Waals surface area contributed by atoms with Gasteiger partial charge >= 0.3 is 5.76 Å². The molecule has 0 radical (unpaired) electrons. The number of para-hydroxylation sites is 1. The van der Waals surface area contributed by atoms with Crippen LogP contribution in [0.1, 0.15) is 41.9 Å². The van der Waals surface area contributed by atoms with Crippen LogP contribution < -0.4 is 5.76 Å². The van der Waals surface area contributed by atoms with Gasteiger partial charge in [0.25, 0.3) is 0 Å². The largest absolute Gasteiger partial charge is 0.417 e. The van der Waals surface area contributed by atoms with Gasteiger partial charge in [-0.15, -0.1) is 11.3 Å². The van der Waals surface area contributed by atoms with E-state index in [2.05, 4.69) is 22.2 Å². The predicted molar refractivity (Wildman–Crippen MR) is 95.6 cm³/mol. The quantitative estimate of drug-likeness (QED) is 0.787. The topological polar surface area (TPSA) is 62.1 Å². The van der Waals surface area contributed by atoms with Gasteiger partial charge in [-0.3, -0.25) is 9.88 Å². The smallest absolute Gasteiger partial charge is 0.408 e. The van der Waals surface area contributed by atoms with Gasteiger partial charge in [0.1, 0.15) is 0 Å². The van der Waals surface area contributed by atoms with Crippen LogP contribution in [0.5, 0.6) is 0 Å². The number of aryl methyl sites for hydroxylation is 1. The predicted octanol–water partition coefficient (Wildman–Crippen LogP) is 3.52. The Morgan fingerprint density at radius 1 is 1.46 bits per heavy atom. The molecule has 0 saturated carbocycles. The second-order valence-corrected chi connectivity index (χ2v) is 7.30. The van der Waals surface area contributed by atoms with Crippen molar-refractivity contribution in [1.82, 2.24) is 14.9 Å². The van der Waals surface area contributed by atoms with Gasteiger partial charge < -0.3 is 4.42 Å². The number of H-pyrrole nitrogens is 1. The zero-order valence-electron chi connectivity index (χ0n) is 13.7. The van der Waals surface area contributed by atoms with Crippen LogP contribution in [-0.2, 0) is 13.0 Å². The van der Waals surface area contributed by atoms with Gasteiger partial charge in [0, 0.05) is 30.0 Å². The molecule has 24 heavy (non-hydrogen) atoms. The Bertz CT molecular complexity index is 895. The van der Waals surface area contributed by atoms with Crippen molar-refractivity contribution in [3.63, 3.8) is 0 Å². The summed E-state index contributed by atoms with van der Waals surface area (Å²) in [6.45, 7) is 5.05. The first-order valence-electron chi connectivity index (χ1n) is 8.50. The summed E-state index contributed by atoms with van der Waals surface area (Å²) in [5.74, 6) is 0.130. The molecule has 4 rings (SSSR count).